The predicted octanol–water partition coefficient (Wildman–Crippen LogP) is 3.31. The van der Waals surface area contributed by atoms with Crippen molar-refractivity contribution in [2.45, 2.75) is 33.5 Å². The fraction of sp³-hybridized carbons (Fsp3) is 0.263. The topological polar surface area (TPSA) is 69.3 Å². The van der Waals surface area contributed by atoms with Gasteiger partial charge < -0.3 is 14.5 Å². The minimum absolute atomic E-state index is 0.259. The highest BCUT2D eigenvalue weighted by atomic mass is 16.5. The molecule has 0 aliphatic heterocycles. The summed E-state index contributed by atoms with van der Waals surface area (Å²) in [4.78, 5) is 12.2. The van der Waals surface area contributed by atoms with Gasteiger partial charge in [-0.2, -0.15) is 5.10 Å². The summed E-state index contributed by atoms with van der Waals surface area (Å²) in [5.74, 6) is 1.39. The van der Waals surface area contributed by atoms with Crippen molar-refractivity contribution in [3.8, 4) is 5.75 Å². The summed E-state index contributed by atoms with van der Waals surface area (Å²) in [5, 5.41) is 7.01. The van der Waals surface area contributed by atoms with Gasteiger partial charge in [0.1, 0.15) is 18.1 Å². The minimum atomic E-state index is -0.259. The Morgan fingerprint density at radius 2 is 2.16 bits per heavy atom. The first-order valence-corrected chi connectivity index (χ1v) is 8.23. The summed E-state index contributed by atoms with van der Waals surface area (Å²) >= 11 is 0. The highest BCUT2D eigenvalue weighted by Crippen LogP contribution is 2.16. The van der Waals surface area contributed by atoms with Gasteiger partial charge in [-0.05, 0) is 49.7 Å². The number of aryl methyl sites for hydroxylation is 2. The van der Waals surface area contributed by atoms with Gasteiger partial charge in [0.15, 0.2) is 5.76 Å². The second-order valence-corrected chi connectivity index (χ2v) is 5.69. The van der Waals surface area contributed by atoms with Crippen LogP contribution in [0.2, 0.25) is 0 Å². The van der Waals surface area contributed by atoms with E-state index in [-0.39, 0.29) is 18.3 Å². The molecule has 0 spiro atoms. The van der Waals surface area contributed by atoms with Crippen LogP contribution >= 0.6 is 0 Å². The molecule has 0 aliphatic carbocycles. The quantitative estimate of drug-likeness (QED) is 0.717. The number of nitrogens with one attached hydrogen (secondary N) is 1. The molecule has 0 saturated carbocycles. The maximum absolute atomic E-state index is 12.2. The smallest absolute Gasteiger partial charge is 0.287 e. The van der Waals surface area contributed by atoms with Crippen LogP contribution in [0.25, 0.3) is 0 Å². The molecule has 0 atom stereocenters. The molecule has 6 nitrogen and oxygen atoms in total. The van der Waals surface area contributed by atoms with Crippen molar-refractivity contribution in [3.63, 3.8) is 0 Å². The average Bonchev–Trinajstić information content (AvgIpc) is 3.27. The number of nitrogens with zero attached hydrogens (tertiary/aromatic N) is 2. The molecule has 0 fully saturated rings. The Morgan fingerprint density at radius 3 is 2.96 bits per heavy atom. The standard InChI is InChI=1S/C19H21N3O3/c1-3-22-15(9-10-21-22)12-20-19(23)18-8-7-17(25-18)13-24-16-6-4-5-14(2)11-16/h4-11H,3,12-13H2,1-2H3,(H,20,23). The van der Waals surface area contributed by atoms with Crippen molar-refractivity contribution < 1.29 is 13.9 Å². The molecule has 1 amide bonds. The van der Waals surface area contributed by atoms with E-state index >= 15 is 0 Å². The second kappa shape index (κ2) is 7.70. The van der Waals surface area contributed by atoms with Crippen molar-refractivity contribution in [2.24, 2.45) is 0 Å². The van der Waals surface area contributed by atoms with Crippen LogP contribution in [-0.4, -0.2) is 15.7 Å². The minimum Gasteiger partial charge on any atom is -0.486 e. The number of hydrogen-bond donors (Lipinski definition) is 1. The van der Waals surface area contributed by atoms with E-state index in [1.807, 2.05) is 48.9 Å². The van der Waals surface area contributed by atoms with Crippen LogP contribution in [0.3, 0.4) is 0 Å². The first-order chi connectivity index (χ1) is 12.2. The van der Waals surface area contributed by atoms with Crippen LogP contribution in [0, 0.1) is 6.92 Å². The van der Waals surface area contributed by atoms with Crippen LogP contribution in [0.15, 0.2) is 53.1 Å². The van der Waals surface area contributed by atoms with E-state index < -0.39 is 0 Å². The molecule has 1 aromatic carbocycles. The monoisotopic (exact) mass is 339 g/mol. The number of hydrogen-bond acceptors (Lipinski definition) is 4. The number of carbonyl (C=O) groups is 1. The lowest BCUT2D eigenvalue weighted by molar-refractivity contribution is 0.0918. The van der Waals surface area contributed by atoms with E-state index in [9.17, 15) is 4.79 Å². The first kappa shape index (κ1) is 16.8. The van der Waals surface area contributed by atoms with Crippen LogP contribution in [0.1, 0.15) is 34.5 Å². The molecular weight excluding hydrogens is 318 g/mol. The number of carbonyl (C=O) groups excluding carboxylic acids is 1. The summed E-state index contributed by atoms with van der Waals surface area (Å²) in [6.45, 7) is 5.46. The van der Waals surface area contributed by atoms with E-state index in [2.05, 4.69) is 10.4 Å². The van der Waals surface area contributed by atoms with Gasteiger partial charge in [0, 0.05) is 12.7 Å². The molecule has 25 heavy (non-hydrogen) atoms. The Kier molecular flexibility index (Phi) is 5.18. The van der Waals surface area contributed by atoms with Crippen LogP contribution in [0.5, 0.6) is 5.75 Å². The van der Waals surface area contributed by atoms with E-state index in [1.165, 1.54) is 0 Å². The molecule has 6 heteroatoms. The number of rotatable bonds is 7. The predicted molar refractivity (Wildman–Crippen MR) is 93.3 cm³/mol. The zero-order chi connectivity index (χ0) is 17.6. The van der Waals surface area contributed by atoms with Gasteiger partial charge in [-0.25, -0.2) is 0 Å². The van der Waals surface area contributed by atoms with Crippen LogP contribution < -0.4 is 10.1 Å². The summed E-state index contributed by atoms with van der Waals surface area (Å²) in [7, 11) is 0. The first-order valence-electron chi connectivity index (χ1n) is 8.23. The molecule has 2 heterocycles. The van der Waals surface area contributed by atoms with Gasteiger partial charge in [0.2, 0.25) is 0 Å². The van der Waals surface area contributed by atoms with Crippen molar-refractivity contribution in [1.29, 1.82) is 0 Å². The summed E-state index contributed by atoms with van der Waals surface area (Å²) in [5.41, 5.74) is 2.08. The average molecular weight is 339 g/mol. The van der Waals surface area contributed by atoms with E-state index in [0.29, 0.717) is 12.3 Å². The van der Waals surface area contributed by atoms with Gasteiger partial charge in [0.25, 0.3) is 5.91 Å². The molecule has 3 rings (SSSR count). The number of amides is 1. The molecule has 0 unspecified atom stereocenters. The normalized spacial score (nSPS) is 10.6. The van der Waals surface area contributed by atoms with Gasteiger partial charge in [-0.15, -0.1) is 0 Å². The fourth-order valence-corrected chi connectivity index (χ4v) is 2.49. The van der Waals surface area contributed by atoms with Crippen molar-refractivity contribution in [1.82, 2.24) is 15.1 Å². The van der Waals surface area contributed by atoms with Gasteiger partial charge in [-0.1, -0.05) is 12.1 Å². The molecule has 0 aliphatic rings. The number of furan rings is 1. The zero-order valence-corrected chi connectivity index (χ0v) is 14.4. The largest absolute Gasteiger partial charge is 0.486 e. The molecule has 0 bridgehead atoms. The lowest BCUT2D eigenvalue weighted by Crippen LogP contribution is -2.23. The molecular formula is C19H21N3O3. The summed E-state index contributed by atoms with van der Waals surface area (Å²) in [6, 6.07) is 13.1. The van der Waals surface area contributed by atoms with Gasteiger partial charge in [-0.3, -0.25) is 9.48 Å². The highest BCUT2D eigenvalue weighted by Gasteiger charge is 2.12. The van der Waals surface area contributed by atoms with Crippen LogP contribution in [0.4, 0.5) is 0 Å². The Labute approximate surface area is 146 Å². The van der Waals surface area contributed by atoms with Gasteiger partial charge in [0.05, 0.1) is 12.2 Å². The number of benzene rings is 1. The third kappa shape index (κ3) is 4.29. The van der Waals surface area contributed by atoms with Crippen molar-refractivity contribution in [3.05, 3.63) is 71.4 Å². The molecule has 130 valence electrons. The molecule has 0 radical (unpaired) electrons. The third-order valence-corrected chi connectivity index (χ3v) is 3.79. The van der Waals surface area contributed by atoms with E-state index in [4.69, 9.17) is 9.15 Å². The van der Waals surface area contributed by atoms with Crippen molar-refractivity contribution >= 4 is 5.91 Å². The summed E-state index contributed by atoms with van der Waals surface area (Å²) < 4.78 is 13.1. The fourth-order valence-electron chi connectivity index (χ4n) is 2.49. The number of ether oxygens (including phenoxy) is 1. The zero-order valence-electron chi connectivity index (χ0n) is 14.4. The maximum Gasteiger partial charge on any atom is 0.287 e. The SMILES string of the molecule is CCn1nccc1CNC(=O)c1ccc(COc2cccc(C)c2)o1. The maximum atomic E-state index is 12.2. The van der Waals surface area contributed by atoms with Crippen molar-refractivity contribution in [2.75, 3.05) is 0 Å². The highest BCUT2D eigenvalue weighted by molar-refractivity contribution is 5.91. The lowest BCUT2D eigenvalue weighted by atomic mass is 10.2. The Morgan fingerprint density at radius 1 is 1.28 bits per heavy atom. The molecule has 3 aromatic rings. The van der Waals surface area contributed by atoms with E-state index in [0.717, 1.165) is 23.6 Å². The molecule has 2 aromatic heterocycles. The molecule has 0 saturated heterocycles. The van der Waals surface area contributed by atoms with E-state index in [1.54, 1.807) is 18.3 Å². The van der Waals surface area contributed by atoms with Crippen LogP contribution in [-0.2, 0) is 19.7 Å². The Balaban J connectivity index is 1.54. The second-order valence-electron chi connectivity index (χ2n) is 5.69. The molecule has 1 N–H and O–H groups in total. The number of aromatic nitrogens is 2. The van der Waals surface area contributed by atoms with Gasteiger partial charge >= 0.3 is 0 Å². The Bertz CT molecular complexity index is 851. The Hall–Kier alpha value is -3.02. The third-order valence-electron chi connectivity index (χ3n) is 3.79. The summed E-state index contributed by atoms with van der Waals surface area (Å²) in [6.07, 6.45) is 1.72. The lowest BCUT2D eigenvalue weighted by Gasteiger charge is -2.06.